The molecule has 3 heterocycles. The van der Waals surface area contributed by atoms with E-state index in [0.717, 1.165) is 5.56 Å². The summed E-state index contributed by atoms with van der Waals surface area (Å²) in [5.41, 5.74) is -0.0494. The third-order valence-corrected chi connectivity index (χ3v) is 6.88. The predicted molar refractivity (Wildman–Crippen MR) is 110 cm³/mol. The van der Waals surface area contributed by atoms with Crippen LogP contribution in [0.4, 0.5) is 0 Å². The van der Waals surface area contributed by atoms with E-state index >= 15 is 0 Å². The summed E-state index contributed by atoms with van der Waals surface area (Å²) in [7, 11) is -3.89. The topological polar surface area (TPSA) is 129 Å². The third kappa shape index (κ3) is 5.01. The van der Waals surface area contributed by atoms with Crippen LogP contribution in [0.2, 0.25) is 5.02 Å². The van der Waals surface area contributed by atoms with Crippen LogP contribution < -0.4 is 11.2 Å². The van der Waals surface area contributed by atoms with Crippen molar-refractivity contribution < 1.29 is 28.0 Å². The number of ether oxygens (including phenoxy) is 1. The Labute approximate surface area is 182 Å². The number of H-pyrrole nitrogens is 1. The molecule has 12 heteroatoms. The fourth-order valence-corrected chi connectivity index (χ4v) is 5.11. The number of aromatic amines is 1. The number of halogens is 1. The van der Waals surface area contributed by atoms with Gasteiger partial charge in [0.15, 0.2) is 0 Å². The second-order valence-corrected chi connectivity index (χ2v) is 9.48. The summed E-state index contributed by atoms with van der Waals surface area (Å²) in [5.74, 6) is 0. The van der Waals surface area contributed by atoms with Gasteiger partial charge in [0.1, 0.15) is 12.3 Å². The van der Waals surface area contributed by atoms with Crippen molar-refractivity contribution in [3.05, 3.63) is 67.4 Å². The predicted octanol–water partition coefficient (Wildman–Crippen LogP) is 2.45. The molecule has 0 radical (unpaired) electrons. The second kappa shape index (κ2) is 8.99. The quantitative estimate of drug-likeness (QED) is 0.635. The highest BCUT2D eigenvalue weighted by Crippen LogP contribution is 2.57. The number of aliphatic hydroxyl groups is 1. The van der Waals surface area contributed by atoms with E-state index in [0.29, 0.717) is 17.0 Å². The zero-order chi connectivity index (χ0) is 22.2. The molecule has 2 saturated heterocycles. The van der Waals surface area contributed by atoms with E-state index in [2.05, 4.69) is 4.98 Å². The number of benzene rings is 1. The van der Waals surface area contributed by atoms with Gasteiger partial charge in [0, 0.05) is 29.6 Å². The monoisotopic (exact) mass is 472 g/mol. The van der Waals surface area contributed by atoms with Crippen LogP contribution in [0.3, 0.4) is 0 Å². The molecule has 2 aromatic rings. The Kier molecular flexibility index (Phi) is 6.50. The van der Waals surface area contributed by atoms with E-state index in [1.807, 2.05) is 6.07 Å². The number of nitrogens with zero attached hydrogens (tertiary/aromatic N) is 1. The average Bonchev–Trinajstić information content (AvgIpc) is 3.10. The lowest BCUT2D eigenvalue weighted by atomic mass is 10.1. The molecule has 0 spiro atoms. The normalized spacial score (nSPS) is 31.1. The van der Waals surface area contributed by atoms with Crippen molar-refractivity contribution in [2.24, 2.45) is 0 Å². The Bertz CT molecular complexity index is 1120. The van der Waals surface area contributed by atoms with Gasteiger partial charge in [0.05, 0.1) is 25.4 Å². The summed E-state index contributed by atoms with van der Waals surface area (Å²) in [6.45, 7) is 1.45. The van der Waals surface area contributed by atoms with Crippen LogP contribution >= 0.6 is 19.4 Å². The van der Waals surface area contributed by atoms with Gasteiger partial charge in [-0.1, -0.05) is 23.7 Å². The first-order valence-corrected chi connectivity index (χ1v) is 11.6. The molecule has 0 bridgehead atoms. The van der Waals surface area contributed by atoms with Crippen LogP contribution in [-0.2, 0) is 22.9 Å². The molecule has 2 aliphatic heterocycles. The Morgan fingerprint density at radius 1 is 1.39 bits per heavy atom. The summed E-state index contributed by atoms with van der Waals surface area (Å²) < 4.78 is 36.1. The van der Waals surface area contributed by atoms with Crippen molar-refractivity contribution in [1.29, 1.82) is 0 Å². The van der Waals surface area contributed by atoms with E-state index in [1.54, 1.807) is 25.1 Å². The first-order chi connectivity index (χ1) is 14.7. The van der Waals surface area contributed by atoms with Crippen molar-refractivity contribution >= 4 is 19.4 Å². The van der Waals surface area contributed by atoms with Crippen LogP contribution in [0.15, 0.2) is 40.1 Å². The highest BCUT2D eigenvalue weighted by Gasteiger charge is 2.41. The molecule has 4 rings (SSSR count). The SMILES string of the molecule is Cc1cn([C@H]2C[C@H](O)[C@@H](COP3(=O)OCC[C@@H](c4cccc(Cl)c4)O3)O2)c(=O)[nH]c1=O. The number of aromatic nitrogens is 2. The van der Waals surface area contributed by atoms with Gasteiger partial charge in [-0.15, -0.1) is 0 Å². The van der Waals surface area contributed by atoms with Gasteiger partial charge >= 0.3 is 13.5 Å². The van der Waals surface area contributed by atoms with E-state index < -0.39 is 43.6 Å². The lowest BCUT2D eigenvalue weighted by molar-refractivity contribution is -0.0549. The Morgan fingerprint density at radius 2 is 2.19 bits per heavy atom. The van der Waals surface area contributed by atoms with Crippen molar-refractivity contribution in [1.82, 2.24) is 9.55 Å². The molecule has 10 nitrogen and oxygen atoms in total. The van der Waals surface area contributed by atoms with Crippen molar-refractivity contribution in [2.45, 2.75) is 44.3 Å². The number of phosphoric ester groups is 1. The van der Waals surface area contributed by atoms with Crippen molar-refractivity contribution in [3.63, 3.8) is 0 Å². The minimum absolute atomic E-state index is 0.0938. The van der Waals surface area contributed by atoms with Gasteiger partial charge in [-0.05, 0) is 24.6 Å². The highest BCUT2D eigenvalue weighted by atomic mass is 35.5. The van der Waals surface area contributed by atoms with Crippen molar-refractivity contribution in [3.8, 4) is 0 Å². The smallest absolute Gasteiger partial charge is 0.390 e. The molecule has 168 valence electrons. The summed E-state index contributed by atoms with van der Waals surface area (Å²) in [4.78, 5) is 25.8. The van der Waals surface area contributed by atoms with E-state index in [9.17, 15) is 19.3 Å². The summed E-state index contributed by atoms with van der Waals surface area (Å²) in [5, 5.41) is 10.9. The van der Waals surface area contributed by atoms with Crippen LogP contribution in [0, 0.1) is 6.92 Å². The van der Waals surface area contributed by atoms with Crippen LogP contribution in [-0.4, -0.2) is 40.1 Å². The zero-order valence-electron chi connectivity index (χ0n) is 16.6. The summed E-state index contributed by atoms with van der Waals surface area (Å²) >= 11 is 6.02. The van der Waals surface area contributed by atoms with E-state index in [1.165, 1.54) is 10.8 Å². The lowest BCUT2D eigenvalue weighted by Crippen LogP contribution is -2.33. The fraction of sp³-hybridized carbons (Fsp3) is 0.474. The number of aryl methyl sites for hydroxylation is 1. The molecular formula is C19H22ClN2O8P. The van der Waals surface area contributed by atoms with E-state index in [4.69, 9.17) is 29.9 Å². The summed E-state index contributed by atoms with van der Waals surface area (Å²) in [6.07, 6.45) is -1.22. The Hall–Kier alpha value is -1.78. The maximum absolute atomic E-state index is 12.9. The number of aliphatic hydroxyl groups excluding tert-OH is 1. The van der Waals surface area contributed by atoms with Crippen molar-refractivity contribution in [2.75, 3.05) is 13.2 Å². The van der Waals surface area contributed by atoms with Crippen LogP contribution in [0.1, 0.15) is 36.3 Å². The minimum atomic E-state index is -3.89. The first kappa shape index (κ1) is 22.4. The maximum Gasteiger partial charge on any atom is 0.475 e. The molecule has 1 aromatic carbocycles. The molecule has 1 unspecified atom stereocenters. The molecule has 0 aliphatic carbocycles. The molecule has 5 atom stereocenters. The largest absolute Gasteiger partial charge is 0.475 e. The minimum Gasteiger partial charge on any atom is -0.390 e. The Morgan fingerprint density at radius 3 is 2.97 bits per heavy atom. The van der Waals surface area contributed by atoms with Gasteiger partial charge in [0.2, 0.25) is 0 Å². The van der Waals surface area contributed by atoms with Gasteiger partial charge < -0.3 is 9.84 Å². The number of hydrogen-bond acceptors (Lipinski definition) is 8. The van der Waals surface area contributed by atoms with Crippen LogP contribution in [0.25, 0.3) is 0 Å². The maximum atomic E-state index is 12.9. The lowest BCUT2D eigenvalue weighted by Gasteiger charge is -2.30. The van der Waals surface area contributed by atoms with E-state index in [-0.39, 0.29) is 19.6 Å². The van der Waals surface area contributed by atoms with Crippen LogP contribution in [0.5, 0.6) is 0 Å². The first-order valence-electron chi connectivity index (χ1n) is 9.73. The average molecular weight is 473 g/mol. The molecule has 0 amide bonds. The molecule has 31 heavy (non-hydrogen) atoms. The third-order valence-electron chi connectivity index (χ3n) is 5.16. The number of hydrogen-bond donors (Lipinski definition) is 2. The molecule has 2 N–H and O–H groups in total. The molecule has 2 aliphatic rings. The number of rotatable bonds is 5. The summed E-state index contributed by atoms with van der Waals surface area (Å²) in [6, 6.07) is 7.03. The zero-order valence-corrected chi connectivity index (χ0v) is 18.3. The molecule has 1 aromatic heterocycles. The standard InChI is InChI=1S/C19H22ClN2O8P/c1-11-9-22(19(25)21-18(11)24)17-8-14(23)16(29-17)10-28-31(26)27-6-5-15(30-31)12-3-2-4-13(20)7-12/h2-4,7,9,14-17,23H,5-6,8,10H2,1H3,(H,21,24,25)/t14-,15-,16+,17+,31?/m0/s1. The van der Waals surface area contributed by atoms with Gasteiger partial charge in [-0.2, -0.15) is 0 Å². The number of phosphoric acid groups is 1. The highest BCUT2D eigenvalue weighted by molar-refractivity contribution is 7.48. The molecule has 2 fully saturated rings. The van der Waals surface area contributed by atoms with Gasteiger partial charge in [-0.3, -0.25) is 27.9 Å². The number of nitrogens with one attached hydrogen (secondary N) is 1. The fourth-order valence-electron chi connectivity index (χ4n) is 3.51. The molecular weight excluding hydrogens is 451 g/mol. The Balaban J connectivity index is 1.40. The van der Waals surface area contributed by atoms with Gasteiger partial charge in [-0.25, -0.2) is 9.36 Å². The second-order valence-electron chi connectivity index (χ2n) is 7.42. The van der Waals surface area contributed by atoms with Gasteiger partial charge in [0.25, 0.3) is 5.56 Å². The molecule has 0 saturated carbocycles.